The number of carbonyl (C=O) groups is 2. The molecule has 0 saturated carbocycles. The van der Waals surface area contributed by atoms with Crippen molar-refractivity contribution in [3.8, 4) is 0 Å². The van der Waals surface area contributed by atoms with Crippen LogP contribution < -0.4 is 9.62 Å². The van der Waals surface area contributed by atoms with Crippen molar-refractivity contribution in [2.45, 2.75) is 45.3 Å². The third kappa shape index (κ3) is 8.28. The number of anilines is 1. The number of nitrogens with zero attached hydrogens (tertiary/aromatic N) is 2. The molecule has 0 bridgehead atoms. The van der Waals surface area contributed by atoms with Crippen LogP contribution in [0.2, 0.25) is 10.0 Å². The van der Waals surface area contributed by atoms with E-state index < -0.39 is 28.5 Å². The summed E-state index contributed by atoms with van der Waals surface area (Å²) < 4.78 is 27.5. The molecule has 0 radical (unpaired) electrons. The Kier molecular flexibility index (Phi) is 10.7. The van der Waals surface area contributed by atoms with Gasteiger partial charge in [-0.25, -0.2) is 8.42 Å². The van der Waals surface area contributed by atoms with E-state index >= 15 is 0 Å². The first kappa shape index (κ1) is 32.3. The third-order valence-corrected chi connectivity index (χ3v) is 9.19. The fraction of sp³-hybridized carbons (Fsp3) is 0.273. The van der Waals surface area contributed by atoms with E-state index in [4.69, 9.17) is 23.2 Å². The van der Waals surface area contributed by atoms with Crippen molar-refractivity contribution >= 4 is 61.5 Å². The number of sulfonamides is 1. The van der Waals surface area contributed by atoms with E-state index in [1.807, 2.05) is 74.5 Å². The number of rotatable bonds is 12. The number of nitrogens with one attached hydrogen (secondary N) is 1. The molecule has 4 aromatic rings. The summed E-state index contributed by atoms with van der Waals surface area (Å²) in [6.45, 7) is 3.36. The van der Waals surface area contributed by atoms with Crippen LogP contribution in [0.5, 0.6) is 0 Å². The van der Waals surface area contributed by atoms with E-state index in [-0.39, 0.29) is 24.9 Å². The Morgan fingerprint density at radius 2 is 1.53 bits per heavy atom. The predicted molar refractivity (Wildman–Crippen MR) is 175 cm³/mol. The molecule has 2 amide bonds. The highest BCUT2D eigenvalue weighted by Crippen LogP contribution is 2.29. The Balaban J connectivity index is 1.80. The smallest absolute Gasteiger partial charge is 0.244 e. The topological polar surface area (TPSA) is 86.8 Å². The van der Waals surface area contributed by atoms with E-state index in [0.717, 1.165) is 21.5 Å². The van der Waals surface area contributed by atoms with Gasteiger partial charge in [0.1, 0.15) is 12.6 Å². The Hall–Kier alpha value is -3.59. The van der Waals surface area contributed by atoms with E-state index in [1.165, 1.54) is 4.90 Å². The summed E-state index contributed by atoms with van der Waals surface area (Å²) in [7, 11) is -3.90. The van der Waals surface area contributed by atoms with Gasteiger partial charge in [-0.05, 0) is 48.1 Å². The van der Waals surface area contributed by atoms with Crippen molar-refractivity contribution in [1.82, 2.24) is 10.2 Å². The minimum absolute atomic E-state index is 0.00822. The molecule has 4 aromatic carbocycles. The lowest BCUT2D eigenvalue weighted by Crippen LogP contribution is -2.54. The van der Waals surface area contributed by atoms with Gasteiger partial charge in [-0.1, -0.05) is 103 Å². The highest BCUT2D eigenvalue weighted by molar-refractivity contribution is 7.92. The summed E-state index contributed by atoms with van der Waals surface area (Å²) in [5.41, 5.74) is 1.88. The number of halogens is 2. The highest BCUT2D eigenvalue weighted by Gasteiger charge is 2.33. The van der Waals surface area contributed by atoms with Crippen LogP contribution in [0.3, 0.4) is 0 Å². The quantitative estimate of drug-likeness (QED) is 0.193. The zero-order valence-corrected chi connectivity index (χ0v) is 26.7. The minimum Gasteiger partial charge on any atom is -0.352 e. The Morgan fingerprint density at radius 3 is 2.21 bits per heavy atom. The summed E-state index contributed by atoms with van der Waals surface area (Å²) >= 11 is 12.5. The predicted octanol–water partition coefficient (Wildman–Crippen LogP) is 6.47. The molecule has 0 aliphatic heterocycles. The SMILES string of the molecule is CC[C@@H](C)NC(=O)[C@H](Cc1ccccc1)N(Cc1ccc(Cl)c(Cl)c1)C(=O)CN(c1cccc2ccccc12)S(C)(=O)=O. The average molecular weight is 641 g/mol. The van der Waals surface area contributed by atoms with Crippen molar-refractivity contribution in [2.75, 3.05) is 17.1 Å². The van der Waals surface area contributed by atoms with Gasteiger partial charge in [-0.15, -0.1) is 0 Å². The molecule has 4 rings (SSSR count). The first-order valence-electron chi connectivity index (χ1n) is 14.0. The average Bonchev–Trinajstić information content (AvgIpc) is 2.99. The monoisotopic (exact) mass is 639 g/mol. The van der Waals surface area contributed by atoms with Gasteiger partial charge in [0.25, 0.3) is 0 Å². The van der Waals surface area contributed by atoms with Gasteiger partial charge in [-0.2, -0.15) is 0 Å². The summed E-state index contributed by atoms with van der Waals surface area (Å²) in [5, 5.41) is 5.21. The molecule has 43 heavy (non-hydrogen) atoms. The largest absolute Gasteiger partial charge is 0.352 e. The molecular formula is C33H35Cl2N3O4S. The van der Waals surface area contributed by atoms with E-state index in [1.54, 1.807) is 30.3 Å². The maximum Gasteiger partial charge on any atom is 0.244 e. The van der Waals surface area contributed by atoms with Gasteiger partial charge < -0.3 is 10.2 Å². The second kappa shape index (κ2) is 14.3. The number of fused-ring (bicyclic) bond motifs is 1. The fourth-order valence-corrected chi connectivity index (χ4v) is 6.03. The number of hydrogen-bond acceptors (Lipinski definition) is 4. The first-order chi connectivity index (χ1) is 20.5. The molecule has 0 aromatic heterocycles. The molecule has 0 unspecified atom stereocenters. The standard InChI is InChI=1S/C33H35Cl2N3O4S/c1-4-23(2)36-33(40)31(20-24-11-6-5-7-12-24)37(21-25-17-18-28(34)29(35)19-25)32(39)22-38(43(3,41)42)30-16-10-14-26-13-8-9-15-27(26)30/h5-19,23,31H,4,20-22H2,1-3H3,(H,36,40)/t23-,31+/m1/s1. The van der Waals surface area contributed by atoms with Gasteiger partial charge in [0.2, 0.25) is 21.8 Å². The summed E-state index contributed by atoms with van der Waals surface area (Å²) in [6, 6.07) is 26.1. The molecule has 10 heteroatoms. The second-order valence-corrected chi connectivity index (χ2v) is 13.3. The molecule has 7 nitrogen and oxygen atoms in total. The van der Waals surface area contributed by atoms with Crippen LogP contribution in [-0.4, -0.2) is 50.0 Å². The van der Waals surface area contributed by atoms with Crippen molar-refractivity contribution in [2.24, 2.45) is 0 Å². The fourth-order valence-electron chi connectivity index (χ4n) is 4.85. The molecule has 0 aliphatic carbocycles. The van der Waals surface area contributed by atoms with Gasteiger partial charge >= 0.3 is 0 Å². The van der Waals surface area contributed by atoms with Crippen LogP contribution in [-0.2, 0) is 32.6 Å². The maximum atomic E-state index is 14.3. The zero-order valence-electron chi connectivity index (χ0n) is 24.3. The van der Waals surface area contributed by atoms with Crippen LogP contribution in [0, 0.1) is 0 Å². The number of benzene rings is 4. The van der Waals surface area contributed by atoms with Gasteiger partial charge in [0, 0.05) is 24.4 Å². The number of amides is 2. The molecule has 0 heterocycles. The van der Waals surface area contributed by atoms with Crippen molar-refractivity contribution in [1.29, 1.82) is 0 Å². The molecule has 1 N–H and O–H groups in total. The van der Waals surface area contributed by atoms with Gasteiger partial charge in [0.05, 0.1) is 22.0 Å². The molecule has 0 aliphatic rings. The van der Waals surface area contributed by atoms with Crippen LogP contribution >= 0.6 is 23.2 Å². The molecular weight excluding hydrogens is 605 g/mol. The normalized spacial score (nSPS) is 12.9. The Bertz CT molecular complexity index is 1690. The van der Waals surface area contributed by atoms with Crippen LogP contribution in [0.1, 0.15) is 31.4 Å². The zero-order chi connectivity index (χ0) is 31.1. The lowest BCUT2D eigenvalue weighted by Gasteiger charge is -2.34. The summed E-state index contributed by atoms with van der Waals surface area (Å²) in [4.78, 5) is 29.6. The molecule has 0 saturated heterocycles. The van der Waals surface area contributed by atoms with Crippen molar-refractivity contribution in [3.63, 3.8) is 0 Å². The Morgan fingerprint density at radius 1 is 0.860 bits per heavy atom. The summed E-state index contributed by atoms with van der Waals surface area (Å²) in [6.07, 6.45) is 2.00. The highest BCUT2D eigenvalue weighted by atomic mass is 35.5. The number of carbonyl (C=O) groups excluding carboxylic acids is 2. The molecule has 2 atom stereocenters. The molecule has 226 valence electrons. The number of hydrogen-bond donors (Lipinski definition) is 1. The van der Waals surface area contributed by atoms with E-state index in [0.29, 0.717) is 33.1 Å². The lowest BCUT2D eigenvalue weighted by atomic mass is 10.0. The van der Waals surface area contributed by atoms with Gasteiger partial charge in [-0.3, -0.25) is 13.9 Å². The van der Waals surface area contributed by atoms with Crippen LogP contribution in [0.4, 0.5) is 5.69 Å². The minimum atomic E-state index is -3.90. The van der Waals surface area contributed by atoms with Gasteiger partial charge in [0.15, 0.2) is 0 Å². The second-order valence-electron chi connectivity index (χ2n) is 10.6. The van der Waals surface area contributed by atoms with Crippen LogP contribution in [0.15, 0.2) is 91.0 Å². The summed E-state index contributed by atoms with van der Waals surface area (Å²) in [5.74, 6) is -0.868. The van der Waals surface area contributed by atoms with E-state index in [9.17, 15) is 18.0 Å². The van der Waals surface area contributed by atoms with Crippen molar-refractivity contribution < 1.29 is 18.0 Å². The molecule has 0 fully saturated rings. The van der Waals surface area contributed by atoms with Crippen LogP contribution in [0.25, 0.3) is 10.8 Å². The van der Waals surface area contributed by atoms with E-state index in [2.05, 4.69) is 5.32 Å². The first-order valence-corrected chi connectivity index (χ1v) is 16.6. The third-order valence-electron chi connectivity index (χ3n) is 7.32. The molecule has 0 spiro atoms. The maximum absolute atomic E-state index is 14.3. The van der Waals surface area contributed by atoms with Crippen molar-refractivity contribution in [3.05, 3.63) is 112 Å². The lowest BCUT2D eigenvalue weighted by molar-refractivity contribution is -0.140. The Labute approximate surface area is 263 Å².